The minimum Gasteiger partial charge on any atom is -0.481 e. The van der Waals surface area contributed by atoms with E-state index < -0.39 is 17.8 Å². The van der Waals surface area contributed by atoms with Crippen molar-refractivity contribution in [3.05, 3.63) is 35.6 Å². The minimum absolute atomic E-state index is 0.158. The van der Waals surface area contributed by atoms with E-state index in [-0.39, 0.29) is 25.4 Å². The molecule has 6 heteroatoms. The molecule has 0 aliphatic rings. The average molecular weight is 283 g/mol. The van der Waals surface area contributed by atoms with Gasteiger partial charge < -0.3 is 15.2 Å². The van der Waals surface area contributed by atoms with Gasteiger partial charge in [0.15, 0.2) is 0 Å². The molecule has 0 heterocycles. The SMILES string of the molecule is CCOCCC(=O)NC(CC(=O)O)c1ccc(F)cc1. The maximum atomic E-state index is 12.9. The Balaban J connectivity index is 2.67. The highest BCUT2D eigenvalue weighted by Gasteiger charge is 2.18. The summed E-state index contributed by atoms with van der Waals surface area (Å²) in [6.45, 7) is 2.62. The van der Waals surface area contributed by atoms with Crippen molar-refractivity contribution in [2.45, 2.75) is 25.8 Å². The molecule has 1 aromatic carbocycles. The van der Waals surface area contributed by atoms with E-state index >= 15 is 0 Å². The molecule has 0 spiro atoms. The normalized spacial score (nSPS) is 11.9. The number of nitrogens with one attached hydrogen (secondary N) is 1. The average Bonchev–Trinajstić information content (AvgIpc) is 2.38. The fourth-order valence-electron chi connectivity index (χ4n) is 1.70. The molecular weight excluding hydrogens is 265 g/mol. The molecule has 1 atom stereocenters. The van der Waals surface area contributed by atoms with Gasteiger partial charge in [0.05, 0.1) is 19.1 Å². The van der Waals surface area contributed by atoms with Crippen LogP contribution in [0.5, 0.6) is 0 Å². The molecule has 20 heavy (non-hydrogen) atoms. The molecule has 2 N–H and O–H groups in total. The minimum atomic E-state index is -1.04. The molecular formula is C14H18FNO4. The van der Waals surface area contributed by atoms with E-state index in [2.05, 4.69) is 5.32 Å². The summed E-state index contributed by atoms with van der Waals surface area (Å²) >= 11 is 0. The number of hydrogen-bond acceptors (Lipinski definition) is 3. The summed E-state index contributed by atoms with van der Waals surface area (Å²) in [6, 6.07) is 4.71. The highest BCUT2D eigenvalue weighted by atomic mass is 19.1. The Morgan fingerprint density at radius 2 is 2.00 bits per heavy atom. The van der Waals surface area contributed by atoms with Crippen LogP contribution >= 0.6 is 0 Å². The summed E-state index contributed by atoms with van der Waals surface area (Å²) in [7, 11) is 0. The van der Waals surface area contributed by atoms with Crippen molar-refractivity contribution in [2.75, 3.05) is 13.2 Å². The number of carboxylic acids is 1. The number of rotatable bonds is 8. The van der Waals surface area contributed by atoms with Crippen LogP contribution in [-0.2, 0) is 14.3 Å². The van der Waals surface area contributed by atoms with Crippen molar-refractivity contribution in [1.82, 2.24) is 5.32 Å². The first-order valence-electron chi connectivity index (χ1n) is 6.37. The van der Waals surface area contributed by atoms with Crippen molar-refractivity contribution >= 4 is 11.9 Å². The molecule has 1 rings (SSSR count). The van der Waals surface area contributed by atoms with Gasteiger partial charge in [-0.2, -0.15) is 0 Å². The van der Waals surface area contributed by atoms with Gasteiger partial charge in [-0.05, 0) is 24.6 Å². The fraction of sp³-hybridized carbons (Fsp3) is 0.429. The summed E-state index contributed by atoms with van der Waals surface area (Å²) < 4.78 is 17.9. The quantitative estimate of drug-likeness (QED) is 0.714. The lowest BCUT2D eigenvalue weighted by Crippen LogP contribution is -2.30. The number of benzene rings is 1. The van der Waals surface area contributed by atoms with E-state index in [1.807, 2.05) is 6.92 Å². The van der Waals surface area contributed by atoms with Crippen LogP contribution < -0.4 is 5.32 Å². The van der Waals surface area contributed by atoms with E-state index in [0.717, 1.165) is 0 Å². The molecule has 1 unspecified atom stereocenters. The zero-order valence-corrected chi connectivity index (χ0v) is 11.3. The lowest BCUT2D eigenvalue weighted by Gasteiger charge is -2.17. The molecule has 1 aromatic rings. The zero-order valence-electron chi connectivity index (χ0n) is 11.3. The van der Waals surface area contributed by atoms with Gasteiger partial charge in [-0.3, -0.25) is 9.59 Å². The molecule has 0 fully saturated rings. The van der Waals surface area contributed by atoms with Crippen molar-refractivity contribution < 1.29 is 23.8 Å². The van der Waals surface area contributed by atoms with Gasteiger partial charge in [-0.25, -0.2) is 4.39 Å². The standard InChI is InChI=1S/C14H18FNO4/c1-2-20-8-7-13(17)16-12(9-14(18)19)10-3-5-11(15)6-4-10/h3-6,12H,2,7-9H2,1H3,(H,16,17)(H,18,19). The van der Waals surface area contributed by atoms with Crippen LogP contribution in [0.3, 0.4) is 0 Å². The van der Waals surface area contributed by atoms with Crippen LogP contribution in [0.4, 0.5) is 4.39 Å². The molecule has 0 aliphatic carbocycles. The Kier molecular flexibility index (Phi) is 6.66. The smallest absolute Gasteiger partial charge is 0.305 e. The first-order valence-corrected chi connectivity index (χ1v) is 6.37. The number of ether oxygens (including phenoxy) is 1. The summed E-state index contributed by atoms with van der Waals surface area (Å²) in [6.07, 6.45) is -0.100. The van der Waals surface area contributed by atoms with Gasteiger partial charge in [0, 0.05) is 13.0 Å². The van der Waals surface area contributed by atoms with Crippen LogP contribution in [0.2, 0.25) is 0 Å². The highest BCUT2D eigenvalue weighted by Crippen LogP contribution is 2.17. The summed E-state index contributed by atoms with van der Waals surface area (Å²) in [5, 5.41) is 11.5. The fourth-order valence-corrected chi connectivity index (χ4v) is 1.70. The van der Waals surface area contributed by atoms with Gasteiger partial charge in [-0.15, -0.1) is 0 Å². The van der Waals surface area contributed by atoms with Gasteiger partial charge in [0.25, 0.3) is 0 Å². The Hall–Kier alpha value is -1.95. The monoisotopic (exact) mass is 283 g/mol. The first-order chi connectivity index (χ1) is 9.52. The van der Waals surface area contributed by atoms with E-state index in [1.165, 1.54) is 24.3 Å². The maximum Gasteiger partial charge on any atom is 0.305 e. The van der Waals surface area contributed by atoms with Gasteiger partial charge >= 0.3 is 5.97 Å². The molecule has 5 nitrogen and oxygen atoms in total. The Morgan fingerprint density at radius 1 is 1.35 bits per heavy atom. The molecule has 1 amide bonds. The molecule has 110 valence electrons. The Morgan fingerprint density at radius 3 is 2.55 bits per heavy atom. The number of carbonyl (C=O) groups is 2. The summed E-state index contributed by atoms with van der Waals surface area (Å²) in [4.78, 5) is 22.5. The number of carbonyl (C=O) groups excluding carboxylic acids is 1. The Bertz CT molecular complexity index is 447. The van der Waals surface area contributed by atoms with Crippen molar-refractivity contribution in [3.63, 3.8) is 0 Å². The number of halogens is 1. The third kappa shape index (κ3) is 5.79. The topological polar surface area (TPSA) is 75.6 Å². The van der Waals surface area contributed by atoms with Crippen molar-refractivity contribution in [3.8, 4) is 0 Å². The van der Waals surface area contributed by atoms with Crippen LogP contribution in [0, 0.1) is 5.82 Å². The Labute approximate surface area is 116 Å². The van der Waals surface area contributed by atoms with E-state index in [1.54, 1.807) is 0 Å². The zero-order chi connectivity index (χ0) is 15.0. The van der Waals surface area contributed by atoms with Gasteiger partial charge in [0.2, 0.25) is 5.91 Å². The van der Waals surface area contributed by atoms with Gasteiger partial charge in [0.1, 0.15) is 5.82 Å². The number of amides is 1. The summed E-state index contributed by atoms with van der Waals surface area (Å²) in [5.41, 5.74) is 0.554. The van der Waals surface area contributed by atoms with E-state index in [9.17, 15) is 14.0 Å². The number of carboxylic acid groups (broad SMARTS) is 1. The molecule has 0 aromatic heterocycles. The van der Waals surface area contributed by atoms with Crippen LogP contribution in [0.1, 0.15) is 31.4 Å². The van der Waals surface area contributed by atoms with Crippen molar-refractivity contribution in [2.24, 2.45) is 0 Å². The molecule has 0 aliphatic heterocycles. The second-order valence-corrected chi connectivity index (χ2v) is 4.22. The predicted molar refractivity (Wildman–Crippen MR) is 70.6 cm³/mol. The highest BCUT2D eigenvalue weighted by molar-refractivity contribution is 5.77. The van der Waals surface area contributed by atoms with Crippen LogP contribution in [0.15, 0.2) is 24.3 Å². The second kappa shape index (κ2) is 8.27. The number of aliphatic carboxylic acids is 1. The number of hydrogen-bond donors (Lipinski definition) is 2. The maximum absolute atomic E-state index is 12.9. The largest absolute Gasteiger partial charge is 0.481 e. The van der Waals surface area contributed by atoms with E-state index in [4.69, 9.17) is 9.84 Å². The first kappa shape index (κ1) is 16.1. The van der Waals surface area contributed by atoms with Crippen molar-refractivity contribution in [1.29, 1.82) is 0 Å². The van der Waals surface area contributed by atoms with Gasteiger partial charge in [-0.1, -0.05) is 12.1 Å². The van der Waals surface area contributed by atoms with E-state index in [0.29, 0.717) is 12.2 Å². The predicted octanol–water partition coefficient (Wildman–Crippen LogP) is 1.88. The molecule has 0 saturated carbocycles. The second-order valence-electron chi connectivity index (χ2n) is 4.22. The third-order valence-electron chi connectivity index (χ3n) is 2.66. The molecule has 0 radical (unpaired) electrons. The lowest BCUT2D eigenvalue weighted by atomic mass is 10.0. The lowest BCUT2D eigenvalue weighted by molar-refractivity contribution is -0.137. The van der Waals surface area contributed by atoms with Crippen LogP contribution in [-0.4, -0.2) is 30.2 Å². The van der Waals surface area contributed by atoms with Crippen LogP contribution in [0.25, 0.3) is 0 Å². The molecule has 0 bridgehead atoms. The molecule has 0 saturated heterocycles. The third-order valence-corrected chi connectivity index (χ3v) is 2.66. The summed E-state index contributed by atoms with van der Waals surface area (Å²) in [5.74, 6) is -1.75.